The fraction of sp³-hybridized carbons (Fsp3) is 0.643. The van der Waals surface area contributed by atoms with Crippen molar-refractivity contribution in [2.24, 2.45) is 0 Å². The summed E-state index contributed by atoms with van der Waals surface area (Å²) in [6.45, 7) is 3.88. The number of esters is 1. The van der Waals surface area contributed by atoms with E-state index in [1.54, 1.807) is 0 Å². The van der Waals surface area contributed by atoms with Gasteiger partial charge in [0.1, 0.15) is 17.3 Å². The molecule has 2 rings (SSSR count). The van der Waals surface area contributed by atoms with Crippen LogP contribution in [0.5, 0.6) is 0 Å². The summed E-state index contributed by atoms with van der Waals surface area (Å²) in [5.41, 5.74) is -4.66. The number of nitrogens with one attached hydrogen (secondary N) is 1. The van der Waals surface area contributed by atoms with Crippen molar-refractivity contribution in [2.45, 2.75) is 50.1 Å². The summed E-state index contributed by atoms with van der Waals surface area (Å²) in [5, 5.41) is -1.18. The van der Waals surface area contributed by atoms with Crippen molar-refractivity contribution in [1.29, 1.82) is 0 Å². The van der Waals surface area contributed by atoms with E-state index in [0.717, 1.165) is 5.32 Å². The second-order valence-corrected chi connectivity index (χ2v) is 9.28. The van der Waals surface area contributed by atoms with Crippen molar-refractivity contribution in [3.05, 3.63) is 11.3 Å². The maximum absolute atomic E-state index is 13.4. The van der Waals surface area contributed by atoms with Crippen molar-refractivity contribution >= 4 is 27.6 Å². The molecule has 0 aliphatic carbocycles. The average molecular weight is 452 g/mol. The molecule has 1 saturated heterocycles. The first-order valence-electron chi connectivity index (χ1n) is 7.73. The normalized spacial score (nSPS) is 24.6. The van der Waals surface area contributed by atoms with Gasteiger partial charge < -0.3 is 10.1 Å². The van der Waals surface area contributed by atoms with Crippen LogP contribution in [0.3, 0.4) is 0 Å². The lowest BCUT2D eigenvalue weighted by atomic mass is 10.0. The fourth-order valence-corrected chi connectivity index (χ4v) is 4.69. The number of alkyl halides is 6. The van der Waals surface area contributed by atoms with Gasteiger partial charge in [-0.3, -0.25) is 14.5 Å². The molecule has 0 aromatic heterocycles. The average Bonchev–Trinajstić information content (AvgIpc) is 2.47. The number of hydrogen-bond acceptors (Lipinski definition) is 6. The minimum atomic E-state index is -5.47. The van der Waals surface area contributed by atoms with Gasteiger partial charge in [-0.1, -0.05) is 0 Å². The van der Waals surface area contributed by atoms with Crippen LogP contribution in [0.4, 0.5) is 26.3 Å². The highest BCUT2D eigenvalue weighted by atomic mass is 32.2. The van der Waals surface area contributed by atoms with Crippen LogP contribution in [0.25, 0.3) is 0 Å². The van der Waals surface area contributed by atoms with Gasteiger partial charge in [0.05, 0.1) is 11.3 Å². The molecule has 0 bridgehead atoms. The predicted molar refractivity (Wildman–Crippen MR) is 81.3 cm³/mol. The molecule has 2 atom stereocenters. The van der Waals surface area contributed by atoms with Gasteiger partial charge >= 0.3 is 24.2 Å². The number of carbonyl (C=O) groups excluding carboxylic acids is 3. The molecule has 2 amide bonds. The van der Waals surface area contributed by atoms with Gasteiger partial charge in [0, 0.05) is 0 Å². The number of ether oxygens (including phenoxy) is 1. The molecule has 0 radical (unpaired) electrons. The highest BCUT2D eigenvalue weighted by Gasteiger charge is 2.64. The first-order valence-corrected chi connectivity index (χ1v) is 9.45. The van der Waals surface area contributed by atoms with Crippen LogP contribution in [0.2, 0.25) is 0 Å². The van der Waals surface area contributed by atoms with Crippen molar-refractivity contribution in [3.8, 4) is 0 Å². The molecule has 2 aliphatic rings. The molecule has 2 aliphatic heterocycles. The number of fused-ring (bicyclic) bond motifs is 1. The number of hydrogen-bond donors (Lipinski definition) is 1. The van der Waals surface area contributed by atoms with Gasteiger partial charge in [-0.05, 0) is 20.8 Å². The second-order valence-electron chi connectivity index (χ2n) is 7.18. The summed E-state index contributed by atoms with van der Waals surface area (Å²) >= 11 is 0. The molecule has 0 aromatic carbocycles. The Kier molecular flexibility index (Phi) is 5.23. The smallest absolute Gasteiger partial charge is 0.455 e. The molecule has 1 N–H and O–H groups in total. The van der Waals surface area contributed by atoms with Crippen LogP contribution in [0.15, 0.2) is 11.3 Å². The summed E-state index contributed by atoms with van der Waals surface area (Å²) in [4.78, 5) is 35.4. The number of rotatable bonds is 2. The third kappa shape index (κ3) is 4.33. The molecule has 8 nitrogen and oxygen atoms in total. The Bertz CT molecular complexity index is 899. The van der Waals surface area contributed by atoms with Gasteiger partial charge in [-0.15, -0.1) is 0 Å². The number of sulfone groups is 1. The van der Waals surface area contributed by atoms with Crippen LogP contribution in [-0.4, -0.2) is 66.2 Å². The van der Waals surface area contributed by atoms with Gasteiger partial charge in [0.15, 0.2) is 15.2 Å². The molecule has 0 aromatic rings. The zero-order chi connectivity index (χ0) is 22.7. The highest BCUT2D eigenvalue weighted by molar-refractivity contribution is 7.92. The standard InChI is InChI=1S/C14H14F6N2O6S/c1-12(2,3)28-10(24)7-5(13(15,16)17)4-29(26,27)9-6(8(23)22(7)9)21-11(25)14(18,19)20/h6,9H,4H2,1-3H3,(H,21,25)/t6-,9?/m0/s1. The molecule has 1 fully saturated rings. The third-order valence-electron chi connectivity index (χ3n) is 3.76. The maximum Gasteiger partial charge on any atom is 0.471 e. The van der Waals surface area contributed by atoms with E-state index in [4.69, 9.17) is 4.74 Å². The maximum atomic E-state index is 13.4. The molecule has 0 spiro atoms. The number of nitrogens with zero attached hydrogens (tertiary/aromatic N) is 1. The Morgan fingerprint density at radius 3 is 2.03 bits per heavy atom. The Labute approximate surface area is 159 Å². The van der Waals surface area contributed by atoms with Crippen LogP contribution in [-0.2, 0) is 29.0 Å². The minimum Gasteiger partial charge on any atom is -0.455 e. The lowest BCUT2D eigenvalue weighted by Crippen LogP contribution is -2.75. The van der Waals surface area contributed by atoms with Crippen LogP contribution in [0.1, 0.15) is 20.8 Å². The van der Waals surface area contributed by atoms with Crippen LogP contribution >= 0.6 is 0 Å². The zero-order valence-corrected chi connectivity index (χ0v) is 15.8. The van der Waals surface area contributed by atoms with E-state index in [2.05, 4.69) is 0 Å². The molecular weight excluding hydrogens is 438 g/mol. The Balaban J connectivity index is 2.54. The molecule has 0 saturated carbocycles. The van der Waals surface area contributed by atoms with Crippen molar-refractivity contribution in [2.75, 3.05) is 5.75 Å². The van der Waals surface area contributed by atoms with Crippen molar-refractivity contribution in [3.63, 3.8) is 0 Å². The zero-order valence-electron chi connectivity index (χ0n) is 14.9. The van der Waals surface area contributed by atoms with Crippen molar-refractivity contribution in [1.82, 2.24) is 10.2 Å². The van der Waals surface area contributed by atoms with E-state index in [1.807, 2.05) is 0 Å². The molecular formula is C14H14F6N2O6S. The molecule has 164 valence electrons. The van der Waals surface area contributed by atoms with Gasteiger partial charge in [0.2, 0.25) is 0 Å². The minimum absolute atomic E-state index is 0.100. The lowest BCUT2D eigenvalue weighted by Gasteiger charge is -2.49. The number of β-lactam (4-membered cyclic amide) rings is 1. The van der Waals surface area contributed by atoms with E-state index >= 15 is 0 Å². The van der Waals surface area contributed by atoms with Gasteiger partial charge in [0.25, 0.3) is 5.91 Å². The van der Waals surface area contributed by atoms with Crippen LogP contribution < -0.4 is 5.32 Å². The first-order chi connectivity index (χ1) is 12.8. The summed E-state index contributed by atoms with van der Waals surface area (Å²) in [7, 11) is -4.90. The number of halogens is 6. The van der Waals surface area contributed by atoms with E-state index in [1.165, 1.54) is 20.8 Å². The largest absolute Gasteiger partial charge is 0.471 e. The van der Waals surface area contributed by atoms with Crippen molar-refractivity contribution < 1.29 is 53.9 Å². The first kappa shape index (κ1) is 23.0. The molecule has 29 heavy (non-hydrogen) atoms. The van der Waals surface area contributed by atoms with E-state index in [-0.39, 0.29) is 4.90 Å². The second kappa shape index (κ2) is 6.60. The van der Waals surface area contributed by atoms with Gasteiger partial charge in [-0.2, -0.15) is 26.3 Å². The Morgan fingerprint density at radius 1 is 1.10 bits per heavy atom. The summed E-state index contributed by atoms with van der Waals surface area (Å²) in [6, 6.07) is -2.30. The molecule has 2 heterocycles. The molecule has 15 heteroatoms. The topological polar surface area (TPSA) is 110 Å². The monoisotopic (exact) mass is 452 g/mol. The van der Waals surface area contributed by atoms with E-state index < -0.39 is 74.0 Å². The molecule has 1 unspecified atom stereocenters. The predicted octanol–water partition coefficient (Wildman–Crippen LogP) is 0.788. The van der Waals surface area contributed by atoms with E-state index in [0.29, 0.717) is 0 Å². The van der Waals surface area contributed by atoms with E-state index in [9.17, 15) is 49.1 Å². The Hall–Kier alpha value is -2.32. The Morgan fingerprint density at radius 2 is 1.62 bits per heavy atom. The van der Waals surface area contributed by atoms with Crippen LogP contribution in [0, 0.1) is 0 Å². The fourth-order valence-electron chi connectivity index (χ4n) is 2.69. The lowest BCUT2D eigenvalue weighted by molar-refractivity contribution is -0.177. The number of carbonyl (C=O) groups is 3. The highest BCUT2D eigenvalue weighted by Crippen LogP contribution is 2.43. The summed E-state index contributed by atoms with van der Waals surface area (Å²) in [5.74, 6) is -7.75. The summed E-state index contributed by atoms with van der Waals surface area (Å²) < 4.78 is 107. The van der Waals surface area contributed by atoms with Gasteiger partial charge in [-0.25, -0.2) is 13.2 Å². The summed E-state index contributed by atoms with van der Waals surface area (Å²) in [6.07, 6.45) is -10.8. The number of amides is 2. The SMILES string of the molecule is CC(C)(C)OC(=O)C1=C(C(F)(F)F)CS(=O)(=O)C2[C@@H](NC(=O)C(F)(F)F)C(=O)N12. The quantitative estimate of drug-likeness (QED) is 0.377. The third-order valence-corrected chi connectivity index (χ3v) is 5.67.